The van der Waals surface area contributed by atoms with Gasteiger partial charge in [-0.05, 0) is 58.8 Å². The van der Waals surface area contributed by atoms with Gasteiger partial charge in [-0.25, -0.2) is 8.42 Å². The minimum Gasteiger partial charge on any atom is -0.381 e. The van der Waals surface area contributed by atoms with Crippen LogP contribution in [-0.4, -0.2) is 62.1 Å². The van der Waals surface area contributed by atoms with Crippen LogP contribution in [0.1, 0.15) is 70.2 Å². The summed E-state index contributed by atoms with van der Waals surface area (Å²) in [4.78, 5) is 13.0. The van der Waals surface area contributed by atoms with E-state index in [0.29, 0.717) is 38.4 Å². The van der Waals surface area contributed by atoms with Gasteiger partial charge in [0.1, 0.15) is 10.5 Å². The number of hydrogen-bond acceptors (Lipinski definition) is 8. The minimum absolute atomic E-state index is 0.0921. The summed E-state index contributed by atoms with van der Waals surface area (Å²) in [6.07, 6.45) is 5.60. The number of carbonyl (C=O) groups is 1. The lowest BCUT2D eigenvalue weighted by atomic mass is 10.0. The molecule has 0 bridgehead atoms. The van der Waals surface area contributed by atoms with Crippen molar-refractivity contribution >= 4 is 15.6 Å². The number of ether oxygens (including phenoxy) is 3. The number of hydrogen-bond donors (Lipinski definition) is 0. The molecule has 1 aliphatic carbocycles. The third kappa shape index (κ3) is 4.74. The lowest BCUT2D eigenvalue weighted by Crippen LogP contribution is -2.48. The van der Waals surface area contributed by atoms with Crippen LogP contribution >= 0.6 is 0 Å². The van der Waals surface area contributed by atoms with Crippen molar-refractivity contribution in [2.45, 2.75) is 86.9 Å². The van der Waals surface area contributed by atoms with Crippen molar-refractivity contribution in [1.82, 2.24) is 5.16 Å². The van der Waals surface area contributed by atoms with Gasteiger partial charge in [0.05, 0.1) is 24.0 Å². The predicted octanol–water partition coefficient (Wildman–Crippen LogP) is 2.73. The van der Waals surface area contributed by atoms with Crippen molar-refractivity contribution in [3.05, 3.63) is 17.5 Å². The first kappa shape index (κ1) is 22.9. The first-order valence-corrected chi connectivity index (χ1v) is 12.8. The van der Waals surface area contributed by atoms with E-state index in [1.807, 2.05) is 0 Å². The van der Waals surface area contributed by atoms with Crippen LogP contribution in [-0.2, 0) is 40.7 Å². The number of nitrogens with zero attached hydrogens (tertiary/aromatic N) is 1. The van der Waals surface area contributed by atoms with Crippen LogP contribution in [0.15, 0.2) is 10.6 Å². The molecule has 2 aliphatic heterocycles. The highest BCUT2D eigenvalue weighted by atomic mass is 32.2. The molecule has 3 heterocycles. The Balaban J connectivity index is 1.38. The molecule has 0 aromatic carbocycles. The summed E-state index contributed by atoms with van der Waals surface area (Å²) in [5, 5.41) is 3.65. The van der Waals surface area contributed by atoms with Gasteiger partial charge in [-0.2, -0.15) is 0 Å². The Hall–Kier alpha value is -1.29. The Bertz CT molecular complexity index is 875. The van der Waals surface area contributed by atoms with Crippen LogP contribution in [0.25, 0.3) is 0 Å². The molecule has 174 valence electrons. The molecule has 8 nitrogen and oxygen atoms in total. The van der Waals surface area contributed by atoms with E-state index in [2.05, 4.69) is 5.16 Å². The molecule has 0 radical (unpaired) electrons. The molecule has 31 heavy (non-hydrogen) atoms. The molecular formula is C22H33NO7S. The van der Waals surface area contributed by atoms with Crippen LogP contribution in [0.5, 0.6) is 0 Å². The lowest BCUT2D eigenvalue weighted by molar-refractivity contribution is -0.166. The monoisotopic (exact) mass is 455 g/mol. The highest BCUT2D eigenvalue weighted by Gasteiger charge is 2.49. The number of carbonyl (C=O) groups excluding carboxylic acids is 1. The summed E-state index contributed by atoms with van der Waals surface area (Å²) in [5.41, 5.74) is 0.589. The quantitative estimate of drug-likeness (QED) is 0.560. The molecular weight excluding hydrogens is 422 g/mol. The Morgan fingerprint density at radius 3 is 2.58 bits per heavy atom. The number of ketones is 1. The van der Waals surface area contributed by atoms with Crippen molar-refractivity contribution < 1.29 is 31.9 Å². The van der Waals surface area contributed by atoms with Crippen LogP contribution in [0.4, 0.5) is 0 Å². The first-order chi connectivity index (χ1) is 14.7. The molecule has 2 saturated heterocycles. The van der Waals surface area contributed by atoms with E-state index in [0.717, 1.165) is 44.4 Å². The SMILES string of the molecule is CC(C)(C(=O)Cc1cc(C2(COC3CCCCO3)CC2)no1)S(=O)(=O)C1CCOCC1. The topological polar surface area (TPSA) is 105 Å². The van der Waals surface area contributed by atoms with Crippen molar-refractivity contribution in [2.24, 2.45) is 0 Å². The fourth-order valence-electron chi connectivity index (χ4n) is 4.30. The molecule has 1 aromatic heterocycles. The molecule has 0 spiro atoms. The number of Topliss-reactive ketones (excluding diaryl/α,β-unsaturated/α-hetero) is 1. The van der Waals surface area contributed by atoms with Gasteiger partial charge >= 0.3 is 0 Å². The minimum atomic E-state index is -3.64. The predicted molar refractivity (Wildman–Crippen MR) is 113 cm³/mol. The summed E-state index contributed by atoms with van der Waals surface area (Å²) in [7, 11) is -3.64. The fourth-order valence-corrected chi connectivity index (χ4v) is 6.34. The van der Waals surface area contributed by atoms with Crippen LogP contribution in [0, 0.1) is 0 Å². The largest absolute Gasteiger partial charge is 0.381 e. The van der Waals surface area contributed by atoms with Crippen molar-refractivity contribution in [1.29, 1.82) is 0 Å². The van der Waals surface area contributed by atoms with E-state index < -0.39 is 19.8 Å². The van der Waals surface area contributed by atoms with Gasteiger partial charge in [0.2, 0.25) is 0 Å². The standard InChI is InChI=1S/C22H33NO7S/c1-21(2,31(25,26)17-6-11-27-12-7-17)19(24)14-16-13-18(23-30-16)22(8-9-22)15-29-20-5-3-4-10-28-20/h13,17,20H,3-12,14-15H2,1-2H3. The Morgan fingerprint density at radius 1 is 1.19 bits per heavy atom. The van der Waals surface area contributed by atoms with E-state index in [1.165, 1.54) is 13.8 Å². The summed E-state index contributed by atoms with van der Waals surface area (Å²) in [6, 6.07) is 1.78. The third-order valence-electron chi connectivity index (χ3n) is 6.96. The summed E-state index contributed by atoms with van der Waals surface area (Å²) >= 11 is 0. The van der Waals surface area contributed by atoms with Gasteiger partial charge in [0.15, 0.2) is 21.9 Å². The number of rotatable bonds is 9. The second-order valence-electron chi connectivity index (χ2n) is 9.53. The Morgan fingerprint density at radius 2 is 1.94 bits per heavy atom. The smallest absolute Gasteiger partial charge is 0.165 e. The van der Waals surface area contributed by atoms with Crippen LogP contribution in [0.3, 0.4) is 0 Å². The fraction of sp³-hybridized carbons (Fsp3) is 0.818. The second-order valence-corrected chi connectivity index (χ2v) is 12.3. The molecule has 4 rings (SSSR count). The van der Waals surface area contributed by atoms with Crippen molar-refractivity contribution in [3.63, 3.8) is 0 Å². The Kier molecular flexibility index (Phi) is 6.59. The van der Waals surface area contributed by atoms with Gasteiger partial charge in [0, 0.05) is 31.3 Å². The third-order valence-corrected chi connectivity index (χ3v) is 9.96. The van der Waals surface area contributed by atoms with Crippen molar-refractivity contribution in [2.75, 3.05) is 26.4 Å². The molecule has 1 atom stereocenters. The highest BCUT2D eigenvalue weighted by molar-refractivity contribution is 7.94. The average Bonchev–Trinajstić information content (AvgIpc) is 3.43. The molecule has 3 aliphatic rings. The summed E-state index contributed by atoms with van der Waals surface area (Å²) in [6.45, 7) is 5.07. The van der Waals surface area contributed by atoms with Gasteiger partial charge in [-0.1, -0.05) is 5.16 Å². The number of sulfone groups is 1. The molecule has 1 aromatic rings. The summed E-state index contributed by atoms with van der Waals surface area (Å²) < 4.78 is 47.0. The molecule has 0 N–H and O–H groups in total. The first-order valence-electron chi connectivity index (χ1n) is 11.3. The highest BCUT2D eigenvalue weighted by Crippen LogP contribution is 2.48. The maximum absolute atomic E-state index is 13.1. The van der Waals surface area contributed by atoms with Gasteiger partial charge in [-0.3, -0.25) is 4.79 Å². The Labute approximate surface area is 183 Å². The van der Waals surface area contributed by atoms with Gasteiger partial charge < -0.3 is 18.7 Å². The van der Waals surface area contributed by atoms with Crippen LogP contribution in [0.2, 0.25) is 0 Å². The maximum atomic E-state index is 13.1. The zero-order valence-corrected chi connectivity index (χ0v) is 19.2. The van der Waals surface area contributed by atoms with E-state index in [-0.39, 0.29) is 23.9 Å². The second kappa shape index (κ2) is 8.92. The zero-order chi connectivity index (χ0) is 22.1. The zero-order valence-electron chi connectivity index (χ0n) is 18.4. The maximum Gasteiger partial charge on any atom is 0.165 e. The molecule has 9 heteroatoms. The average molecular weight is 456 g/mol. The normalized spacial score (nSPS) is 24.8. The van der Waals surface area contributed by atoms with Gasteiger partial charge in [-0.15, -0.1) is 0 Å². The molecule has 0 amide bonds. The molecule has 1 unspecified atom stereocenters. The summed E-state index contributed by atoms with van der Waals surface area (Å²) in [5.74, 6) is 0.0221. The van der Waals surface area contributed by atoms with E-state index in [9.17, 15) is 13.2 Å². The molecule has 3 fully saturated rings. The molecule has 1 saturated carbocycles. The van der Waals surface area contributed by atoms with E-state index in [4.69, 9.17) is 18.7 Å². The lowest BCUT2D eigenvalue weighted by Gasteiger charge is -2.30. The van der Waals surface area contributed by atoms with E-state index in [1.54, 1.807) is 6.07 Å². The number of aromatic nitrogens is 1. The van der Waals surface area contributed by atoms with Crippen molar-refractivity contribution in [3.8, 4) is 0 Å². The van der Waals surface area contributed by atoms with Crippen LogP contribution < -0.4 is 0 Å². The van der Waals surface area contributed by atoms with E-state index >= 15 is 0 Å². The van der Waals surface area contributed by atoms with Gasteiger partial charge in [0.25, 0.3) is 0 Å².